The highest BCUT2D eigenvalue weighted by Crippen LogP contribution is 2.37. The molecular weight excluding hydrogens is 413 g/mol. The molecule has 10 nitrogen and oxygen atoms in total. The Morgan fingerprint density at radius 1 is 1.25 bits per heavy atom. The SMILES string of the molecule is CC(C)S(=O)(=O)Nc1ccc(O[C@H]2O[C@H](CCP(=O)(O)O)C[C@H](O)[C@@H]2O)cc1. The Morgan fingerprint density at radius 3 is 2.39 bits per heavy atom. The standard InChI is InChI=1S/C16H26NO9PS/c1-10(2)28(23,24)17-11-3-5-12(6-4-11)25-16-15(19)14(18)9-13(26-16)7-8-27(20,21)22/h3-6,10,13-19H,7-9H2,1-2H3,(H2,20,21,22)/t13-,14+,15+,16+/m1/s1. The second-order valence-corrected chi connectivity index (χ2v) is 10.9. The molecule has 1 aromatic rings. The topological polar surface area (TPSA) is 163 Å². The summed E-state index contributed by atoms with van der Waals surface area (Å²) in [7, 11) is -7.69. The summed E-state index contributed by atoms with van der Waals surface area (Å²) in [5, 5.41) is 19.4. The van der Waals surface area contributed by atoms with Gasteiger partial charge in [0.2, 0.25) is 16.3 Å². The molecule has 28 heavy (non-hydrogen) atoms. The Hall–Kier alpha value is -1.20. The number of sulfonamides is 1. The number of aliphatic hydroxyl groups is 2. The highest BCUT2D eigenvalue weighted by atomic mass is 32.2. The predicted octanol–water partition coefficient (Wildman–Crippen LogP) is 0.620. The fourth-order valence-corrected chi connectivity index (χ4v) is 3.85. The molecule has 4 atom stereocenters. The Morgan fingerprint density at radius 2 is 1.86 bits per heavy atom. The van der Waals surface area contributed by atoms with E-state index in [-0.39, 0.29) is 18.6 Å². The lowest BCUT2D eigenvalue weighted by atomic mass is 10.0. The first kappa shape index (κ1) is 23.1. The van der Waals surface area contributed by atoms with Crippen molar-refractivity contribution in [1.29, 1.82) is 0 Å². The maximum atomic E-state index is 11.9. The van der Waals surface area contributed by atoms with Crippen LogP contribution in [0.3, 0.4) is 0 Å². The first-order chi connectivity index (χ1) is 12.9. The van der Waals surface area contributed by atoms with Crippen LogP contribution >= 0.6 is 7.60 Å². The second kappa shape index (κ2) is 9.08. The Kier molecular flexibility index (Phi) is 7.49. The molecule has 0 saturated carbocycles. The maximum Gasteiger partial charge on any atom is 0.325 e. The van der Waals surface area contributed by atoms with Crippen LogP contribution in [0, 0.1) is 0 Å². The molecule has 1 aromatic carbocycles. The molecular formula is C16H26NO9PS. The molecule has 0 aliphatic carbocycles. The normalized spacial score (nSPS) is 26.2. The highest BCUT2D eigenvalue weighted by Gasteiger charge is 2.38. The first-order valence-corrected chi connectivity index (χ1v) is 12.1. The van der Waals surface area contributed by atoms with Crippen LogP contribution < -0.4 is 9.46 Å². The van der Waals surface area contributed by atoms with Crippen LogP contribution in [0.1, 0.15) is 26.7 Å². The van der Waals surface area contributed by atoms with E-state index in [4.69, 9.17) is 19.3 Å². The van der Waals surface area contributed by atoms with Crippen molar-refractivity contribution in [3.63, 3.8) is 0 Å². The van der Waals surface area contributed by atoms with E-state index in [1.165, 1.54) is 24.3 Å². The van der Waals surface area contributed by atoms with E-state index in [1.807, 2.05) is 0 Å². The molecule has 0 amide bonds. The first-order valence-electron chi connectivity index (χ1n) is 8.72. The third-order valence-corrected chi connectivity index (χ3v) is 6.84. The molecule has 0 spiro atoms. The lowest BCUT2D eigenvalue weighted by Crippen LogP contribution is -2.51. The number of hydrogen-bond donors (Lipinski definition) is 5. The smallest absolute Gasteiger partial charge is 0.325 e. The fourth-order valence-electron chi connectivity index (χ4n) is 2.53. The number of hydrogen-bond acceptors (Lipinski definition) is 7. The van der Waals surface area contributed by atoms with Crippen molar-refractivity contribution in [2.75, 3.05) is 10.9 Å². The fraction of sp³-hybridized carbons (Fsp3) is 0.625. The van der Waals surface area contributed by atoms with Gasteiger partial charge in [0.15, 0.2) is 0 Å². The zero-order chi connectivity index (χ0) is 21.1. The number of ether oxygens (including phenoxy) is 2. The van der Waals surface area contributed by atoms with Crippen LogP contribution in [0.25, 0.3) is 0 Å². The molecule has 0 radical (unpaired) electrons. The van der Waals surface area contributed by atoms with Gasteiger partial charge in [0.1, 0.15) is 11.9 Å². The molecule has 1 aliphatic heterocycles. The highest BCUT2D eigenvalue weighted by molar-refractivity contribution is 7.93. The van der Waals surface area contributed by atoms with Crippen LogP contribution in [0.5, 0.6) is 5.75 Å². The number of benzene rings is 1. The molecule has 1 aliphatic rings. The molecule has 160 valence electrons. The Balaban J connectivity index is 2.01. The zero-order valence-electron chi connectivity index (χ0n) is 15.5. The third kappa shape index (κ3) is 6.70. The van der Waals surface area contributed by atoms with E-state index in [2.05, 4.69) is 4.72 Å². The van der Waals surface area contributed by atoms with Gasteiger partial charge in [-0.1, -0.05) is 0 Å². The Labute approximate surface area is 163 Å². The minimum absolute atomic E-state index is 0.00381. The van der Waals surface area contributed by atoms with E-state index in [1.54, 1.807) is 13.8 Å². The summed E-state index contributed by atoms with van der Waals surface area (Å²) in [6, 6.07) is 5.90. The number of rotatable bonds is 8. The van der Waals surface area contributed by atoms with Crippen molar-refractivity contribution in [2.24, 2.45) is 0 Å². The van der Waals surface area contributed by atoms with Gasteiger partial charge in [-0.05, 0) is 44.5 Å². The molecule has 1 heterocycles. The van der Waals surface area contributed by atoms with Crippen molar-refractivity contribution < 1.29 is 42.5 Å². The predicted molar refractivity (Wildman–Crippen MR) is 102 cm³/mol. The van der Waals surface area contributed by atoms with Gasteiger partial charge in [-0.25, -0.2) is 8.42 Å². The molecule has 12 heteroatoms. The summed E-state index contributed by atoms with van der Waals surface area (Å²) in [6.07, 6.45) is -4.81. The lowest BCUT2D eigenvalue weighted by Gasteiger charge is -2.37. The van der Waals surface area contributed by atoms with Crippen molar-refractivity contribution in [2.45, 2.75) is 56.5 Å². The monoisotopic (exact) mass is 439 g/mol. The Bertz CT molecular complexity index is 793. The summed E-state index contributed by atoms with van der Waals surface area (Å²) >= 11 is 0. The van der Waals surface area contributed by atoms with Crippen LogP contribution in [0.15, 0.2) is 24.3 Å². The van der Waals surface area contributed by atoms with Crippen LogP contribution in [0.2, 0.25) is 0 Å². The van der Waals surface area contributed by atoms with Gasteiger partial charge in [-0.15, -0.1) is 0 Å². The zero-order valence-corrected chi connectivity index (χ0v) is 17.2. The number of nitrogens with one attached hydrogen (secondary N) is 1. The van der Waals surface area contributed by atoms with Crippen molar-refractivity contribution in [3.8, 4) is 5.75 Å². The van der Waals surface area contributed by atoms with E-state index in [9.17, 15) is 23.2 Å². The molecule has 1 saturated heterocycles. The van der Waals surface area contributed by atoms with Crippen LogP contribution in [-0.2, 0) is 19.3 Å². The largest absolute Gasteiger partial charge is 0.462 e. The molecule has 2 rings (SSSR count). The quantitative estimate of drug-likeness (QED) is 0.365. The molecule has 0 unspecified atom stereocenters. The summed E-state index contributed by atoms with van der Waals surface area (Å²) in [6.45, 7) is 3.10. The minimum Gasteiger partial charge on any atom is -0.462 e. The maximum absolute atomic E-state index is 11.9. The van der Waals surface area contributed by atoms with E-state index in [0.29, 0.717) is 5.69 Å². The number of anilines is 1. The summed E-state index contributed by atoms with van der Waals surface area (Å²) < 4.78 is 48.2. The van der Waals surface area contributed by atoms with E-state index in [0.717, 1.165) is 0 Å². The van der Waals surface area contributed by atoms with Gasteiger partial charge in [-0.3, -0.25) is 9.29 Å². The molecule has 1 fully saturated rings. The minimum atomic E-state index is -4.20. The molecule has 0 aromatic heterocycles. The van der Waals surface area contributed by atoms with Gasteiger partial charge >= 0.3 is 7.60 Å². The van der Waals surface area contributed by atoms with Crippen LogP contribution in [-0.4, -0.2) is 64.4 Å². The lowest BCUT2D eigenvalue weighted by molar-refractivity contribution is -0.235. The summed E-state index contributed by atoms with van der Waals surface area (Å²) in [5.74, 6) is 0.263. The molecule has 0 bridgehead atoms. The van der Waals surface area contributed by atoms with Gasteiger partial charge in [0.25, 0.3) is 0 Å². The average Bonchev–Trinajstić information content (AvgIpc) is 2.58. The van der Waals surface area contributed by atoms with Crippen molar-refractivity contribution in [3.05, 3.63) is 24.3 Å². The van der Waals surface area contributed by atoms with Crippen molar-refractivity contribution >= 4 is 23.3 Å². The third-order valence-electron chi connectivity index (χ3n) is 4.23. The van der Waals surface area contributed by atoms with E-state index < -0.39 is 53.6 Å². The van der Waals surface area contributed by atoms with Gasteiger partial charge < -0.3 is 29.5 Å². The second-order valence-electron chi connectivity index (χ2n) is 6.94. The van der Waals surface area contributed by atoms with Crippen molar-refractivity contribution in [1.82, 2.24) is 0 Å². The average molecular weight is 439 g/mol. The van der Waals surface area contributed by atoms with Gasteiger partial charge in [0.05, 0.1) is 23.6 Å². The summed E-state index contributed by atoms with van der Waals surface area (Å²) in [4.78, 5) is 17.9. The van der Waals surface area contributed by atoms with Gasteiger partial charge in [0, 0.05) is 12.1 Å². The van der Waals surface area contributed by atoms with Gasteiger partial charge in [-0.2, -0.15) is 0 Å². The summed E-state index contributed by atoms with van der Waals surface area (Å²) in [5.41, 5.74) is 0.339. The number of aliphatic hydroxyl groups excluding tert-OH is 2. The molecule has 5 N–H and O–H groups in total. The van der Waals surface area contributed by atoms with Crippen LogP contribution in [0.4, 0.5) is 5.69 Å². The van der Waals surface area contributed by atoms with E-state index >= 15 is 0 Å².